The summed E-state index contributed by atoms with van der Waals surface area (Å²) in [7, 11) is 0. The van der Waals surface area contributed by atoms with Gasteiger partial charge in [-0.2, -0.15) is 0 Å². The molecule has 158 valence electrons. The number of rotatable bonds is 7. The number of carbonyl (C=O) groups is 2. The quantitative estimate of drug-likeness (QED) is 0.657. The van der Waals surface area contributed by atoms with Gasteiger partial charge in [0.25, 0.3) is 11.5 Å². The summed E-state index contributed by atoms with van der Waals surface area (Å²) in [6, 6.07) is 6.53. The summed E-state index contributed by atoms with van der Waals surface area (Å²) < 4.78 is 7.61. The van der Waals surface area contributed by atoms with Gasteiger partial charge in [0.1, 0.15) is 6.54 Å². The molecule has 0 aliphatic rings. The Bertz CT molecular complexity index is 1010. The lowest BCUT2D eigenvalue weighted by Gasteiger charge is -2.32. The van der Waals surface area contributed by atoms with E-state index in [0.717, 1.165) is 4.57 Å². The molecule has 0 saturated heterocycles. The van der Waals surface area contributed by atoms with Gasteiger partial charge in [-0.25, -0.2) is 4.79 Å². The number of amides is 1. The first-order chi connectivity index (χ1) is 13.6. The summed E-state index contributed by atoms with van der Waals surface area (Å²) in [5.41, 5.74) is -0.627. The van der Waals surface area contributed by atoms with Crippen LogP contribution in [0.1, 0.15) is 41.5 Å². The third-order valence-corrected chi connectivity index (χ3v) is 4.76. The molecule has 2 rings (SSSR count). The molecule has 0 aliphatic carbocycles. The fourth-order valence-electron chi connectivity index (χ4n) is 3.53. The number of fused-ring (bicyclic) bond motifs is 1. The molecule has 1 amide bonds. The number of nitrogens with zero attached hydrogens (tertiary/aromatic N) is 3. The van der Waals surface area contributed by atoms with E-state index in [2.05, 4.69) is 0 Å². The van der Waals surface area contributed by atoms with E-state index in [1.165, 1.54) is 11.5 Å². The van der Waals surface area contributed by atoms with Crippen LogP contribution >= 0.6 is 0 Å². The SMILES string of the molecule is CCn1c(=O)c2ccccc2n(CC(=O)OC(C)C(=O)N(C(C)C)C(C)C)c1=O. The molecule has 1 atom stereocenters. The van der Waals surface area contributed by atoms with Crippen molar-refractivity contribution in [1.29, 1.82) is 0 Å². The summed E-state index contributed by atoms with van der Waals surface area (Å²) in [5, 5.41) is 0.344. The van der Waals surface area contributed by atoms with Gasteiger partial charge in [0.15, 0.2) is 6.10 Å². The van der Waals surface area contributed by atoms with Crippen molar-refractivity contribution in [3.8, 4) is 0 Å². The zero-order valence-electron chi connectivity index (χ0n) is 17.8. The Labute approximate surface area is 169 Å². The Morgan fingerprint density at radius 1 is 1.00 bits per heavy atom. The highest BCUT2D eigenvalue weighted by Gasteiger charge is 2.28. The van der Waals surface area contributed by atoms with Crippen LogP contribution in [0.25, 0.3) is 10.9 Å². The third-order valence-electron chi connectivity index (χ3n) is 4.76. The van der Waals surface area contributed by atoms with Gasteiger partial charge in [-0.3, -0.25) is 23.5 Å². The zero-order valence-corrected chi connectivity index (χ0v) is 17.8. The van der Waals surface area contributed by atoms with Crippen molar-refractivity contribution in [3.63, 3.8) is 0 Å². The van der Waals surface area contributed by atoms with Crippen LogP contribution < -0.4 is 11.2 Å². The van der Waals surface area contributed by atoms with E-state index in [0.29, 0.717) is 10.9 Å². The van der Waals surface area contributed by atoms with Crippen molar-refractivity contribution in [2.75, 3.05) is 0 Å². The van der Waals surface area contributed by atoms with E-state index in [4.69, 9.17) is 4.74 Å². The Morgan fingerprint density at radius 2 is 1.59 bits per heavy atom. The van der Waals surface area contributed by atoms with Gasteiger partial charge in [-0.1, -0.05) is 12.1 Å². The lowest BCUT2D eigenvalue weighted by Crippen LogP contribution is -2.48. The van der Waals surface area contributed by atoms with Crippen molar-refractivity contribution in [1.82, 2.24) is 14.0 Å². The molecule has 0 fully saturated rings. The van der Waals surface area contributed by atoms with Crippen LogP contribution in [0.2, 0.25) is 0 Å². The van der Waals surface area contributed by atoms with E-state index in [1.54, 1.807) is 36.1 Å². The second-order valence-electron chi connectivity index (χ2n) is 7.50. The number of esters is 1. The van der Waals surface area contributed by atoms with Crippen LogP contribution in [0.4, 0.5) is 0 Å². The number of para-hydroxylation sites is 1. The van der Waals surface area contributed by atoms with E-state index < -0.39 is 23.3 Å². The summed E-state index contributed by atoms with van der Waals surface area (Å²) in [6.45, 7) is 10.6. The minimum atomic E-state index is -0.980. The number of benzene rings is 1. The summed E-state index contributed by atoms with van der Waals surface area (Å²) in [4.78, 5) is 52.0. The van der Waals surface area contributed by atoms with Crippen molar-refractivity contribution in [2.45, 2.75) is 72.8 Å². The molecule has 0 N–H and O–H groups in total. The number of aromatic nitrogens is 2. The van der Waals surface area contributed by atoms with E-state index in [-0.39, 0.29) is 31.1 Å². The standard InChI is InChI=1S/C21H29N3O5/c1-7-22-20(27)16-10-8-9-11-17(16)23(21(22)28)12-18(25)29-15(6)19(26)24(13(2)3)14(4)5/h8-11,13-15H,7,12H2,1-6H3. The van der Waals surface area contributed by atoms with Gasteiger partial charge in [-0.05, 0) is 53.7 Å². The highest BCUT2D eigenvalue weighted by molar-refractivity contribution is 5.84. The smallest absolute Gasteiger partial charge is 0.332 e. The minimum Gasteiger partial charge on any atom is -0.451 e. The number of ether oxygens (including phenoxy) is 1. The molecule has 29 heavy (non-hydrogen) atoms. The van der Waals surface area contributed by atoms with Crippen LogP contribution in [-0.4, -0.2) is 44.1 Å². The average Bonchev–Trinajstić information content (AvgIpc) is 2.65. The lowest BCUT2D eigenvalue weighted by molar-refractivity contribution is -0.161. The second-order valence-corrected chi connectivity index (χ2v) is 7.50. The highest BCUT2D eigenvalue weighted by Crippen LogP contribution is 2.11. The maximum Gasteiger partial charge on any atom is 0.332 e. The second kappa shape index (κ2) is 9.07. The summed E-state index contributed by atoms with van der Waals surface area (Å²) >= 11 is 0. The van der Waals surface area contributed by atoms with Gasteiger partial charge in [0, 0.05) is 18.6 Å². The Kier molecular flexibility index (Phi) is 7.00. The molecule has 1 heterocycles. The van der Waals surface area contributed by atoms with Crippen molar-refractivity contribution in [3.05, 3.63) is 45.1 Å². The van der Waals surface area contributed by atoms with E-state index in [1.807, 2.05) is 27.7 Å². The Hall–Kier alpha value is -2.90. The number of hydrogen-bond donors (Lipinski definition) is 0. The molecule has 8 nitrogen and oxygen atoms in total. The van der Waals surface area contributed by atoms with E-state index >= 15 is 0 Å². The number of carbonyl (C=O) groups excluding carboxylic acids is 2. The van der Waals surface area contributed by atoms with Crippen LogP contribution in [0.3, 0.4) is 0 Å². The minimum absolute atomic E-state index is 0.0386. The molecular weight excluding hydrogens is 374 g/mol. The largest absolute Gasteiger partial charge is 0.451 e. The Balaban J connectivity index is 2.32. The molecule has 1 unspecified atom stereocenters. The first-order valence-corrected chi connectivity index (χ1v) is 9.84. The van der Waals surface area contributed by atoms with Crippen LogP contribution in [-0.2, 0) is 27.4 Å². The zero-order chi connectivity index (χ0) is 21.9. The van der Waals surface area contributed by atoms with Gasteiger partial charge >= 0.3 is 11.7 Å². The topological polar surface area (TPSA) is 90.6 Å². The maximum atomic E-state index is 12.7. The van der Waals surface area contributed by atoms with Crippen LogP contribution in [0.5, 0.6) is 0 Å². The molecule has 0 spiro atoms. The Morgan fingerprint density at radius 3 is 2.14 bits per heavy atom. The highest BCUT2D eigenvalue weighted by atomic mass is 16.5. The van der Waals surface area contributed by atoms with Gasteiger partial charge in [-0.15, -0.1) is 0 Å². The predicted molar refractivity (Wildman–Crippen MR) is 111 cm³/mol. The van der Waals surface area contributed by atoms with Crippen molar-refractivity contribution >= 4 is 22.8 Å². The molecule has 0 saturated carbocycles. The molecule has 0 radical (unpaired) electrons. The number of hydrogen-bond acceptors (Lipinski definition) is 5. The monoisotopic (exact) mass is 403 g/mol. The molecule has 1 aromatic heterocycles. The first kappa shape index (κ1) is 22.4. The molecular formula is C21H29N3O5. The fourth-order valence-corrected chi connectivity index (χ4v) is 3.53. The van der Waals surface area contributed by atoms with Crippen molar-refractivity contribution < 1.29 is 14.3 Å². The average molecular weight is 403 g/mol. The first-order valence-electron chi connectivity index (χ1n) is 9.84. The van der Waals surface area contributed by atoms with Gasteiger partial charge < -0.3 is 9.64 Å². The fraction of sp³-hybridized carbons (Fsp3) is 0.524. The molecule has 8 heteroatoms. The summed E-state index contributed by atoms with van der Waals surface area (Å²) in [6.07, 6.45) is -0.980. The normalized spacial score (nSPS) is 12.4. The van der Waals surface area contributed by atoms with E-state index in [9.17, 15) is 19.2 Å². The molecule has 1 aromatic carbocycles. The van der Waals surface area contributed by atoms with Gasteiger partial charge in [0.05, 0.1) is 10.9 Å². The maximum absolute atomic E-state index is 12.7. The molecule has 0 aliphatic heterocycles. The predicted octanol–water partition coefficient (Wildman–Crippen LogP) is 1.76. The van der Waals surface area contributed by atoms with Crippen LogP contribution in [0.15, 0.2) is 33.9 Å². The lowest BCUT2D eigenvalue weighted by atomic mass is 10.2. The van der Waals surface area contributed by atoms with Gasteiger partial charge in [0.2, 0.25) is 0 Å². The van der Waals surface area contributed by atoms with Crippen molar-refractivity contribution in [2.24, 2.45) is 0 Å². The molecule has 2 aromatic rings. The third kappa shape index (κ3) is 4.58. The van der Waals surface area contributed by atoms with Crippen LogP contribution in [0, 0.1) is 0 Å². The molecule has 0 bridgehead atoms. The summed E-state index contributed by atoms with van der Waals surface area (Å²) in [5.74, 6) is -1.01.